The number of anilines is 1. The van der Waals surface area contributed by atoms with Crippen molar-refractivity contribution < 1.29 is 18.8 Å². The lowest BCUT2D eigenvalue weighted by Crippen LogP contribution is -2.46. The highest BCUT2D eigenvalue weighted by Gasteiger charge is 2.25. The first kappa shape index (κ1) is 19.5. The molecule has 0 radical (unpaired) electrons. The van der Waals surface area contributed by atoms with Gasteiger partial charge in [-0.15, -0.1) is 0 Å². The van der Waals surface area contributed by atoms with Crippen LogP contribution >= 0.6 is 0 Å². The molecule has 1 aliphatic rings. The van der Waals surface area contributed by atoms with E-state index >= 15 is 0 Å². The van der Waals surface area contributed by atoms with Crippen LogP contribution in [0.5, 0.6) is 0 Å². The lowest BCUT2D eigenvalue weighted by molar-refractivity contribution is -0.114. The van der Waals surface area contributed by atoms with Crippen molar-refractivity contribution in [3.05, 3.63) is 65.5 Å². The fraction of sp³-hybridized carbons (Fsp3) is 0.286. The van der Waals surface area contributed by atoms with Gasteiger partial charge < -0.3 is 15.5 Å². The Bertz CT molecular complexity index is 892. The van der Waals surface area contributed by atoms with Crippen LogP contribution in [-0.4, -0.2) is 41.8 Å². The molecule has 1 heterocycles. The number of carbonyl (C=O) groups excluding carboxylic acids is 3. The second-order valence-electron chi connectivity index (χ2n) is 6.78. The topological polar surface area (TPSA) is 78.5 Å². The first-order valence-corrected chi connectivity index (χ1v) is 9.16. The van der Waals surface area contributed by atoms with Crippen LogP contribution in [0.1, 0.15) is 40.5 Å². The van der Waals surface area contributed by atoms with E-state index in [0.717, 1.165) is 0 Å². The van der Waals surface area contributed by atoms with E-state index in [0.29, 0.717) is 37.2 Å². The number of halogens is 1. The highest BCUT2D eigenvalue weighted by atomic mass is 19.1. The van der Waals surface area contributed by atoms with Gasteiger partial charge in [-0.05, 0) is 43.2 Å². The summed E-state index contributed by atoms with van der Waals surface area (Å²) in [6.45, 7) is 2.39. The maximum atomic E-state index is 13.7. The molecule has 0 saturated carbocycles. The van der Waals surface area contributed by atoms with Crippen molar-refractivity contribution in [3.8, 4) is 0 Å². The van der Waals surface area contributed by atoms with E-state index in [1.807, 2.05) is 0 Å². The Labute approximate surface area is 162 Å². The number of piperidine rings is 1. The van der Waals surface area contributed by atoms with Gasteiger partial charge in [-0.25, -0.2) is 4.39 Å². The Kier molecular flexibility index (Phi) is 6.03. The summed E-state index contributed by atoms with van der Waals surface area (Å²) >= 11 is 0. The quantitative estimate of drug-likeness (QED) is 0.852. The number of amides is 3. The lowest BCUT2D eigenvalue weighted by atomic mass is 10.0. The third-order valence-corrected chi connectivity index (χ3v) is 4.67. The maximum absolute atomic E-state index is 13.7. The summed E-state index contributed by atoms with van der Waals surface area (Å²) in [6, 6.07) is 12.6. The number of rotatable bonds is 4. The van der Waals surface area contributed by atoms with E-state index < -0.39 is 11.7 Å². The number of benzene rings is 2. The summed E-state index contributed by atoms with van der Waals surface area (Å²) in [5, 5.41) is 5.51. The van der Waals surface area contributed by atoms with Gasteiger partial charge in [0.2, 0.25) is 5.91 Å². The molecule has 2 aromatic rings. The van der Waals surface area contributed by atoms with E-state index in [1.165, 1.54) is 25.1 Å². The SMILES string of the molecule is CC(=O)Nc1cccc(C(=O)N2CCC(NC(=O)c3ccccc3F)CC2)c1. The number of nitrogens with one attached hydrogen (secondary N) is 2. The van der Waals surface area contributed by atoms with Crippen LogP contribution in [0, 0.1) is 5.82 Å². The lowest BCUT2D eigenvalue weighted by Gasteiger charge is -2.32. The van der Waals surface area contributed by atoms with Gasteiger partial charge in [0, 0.05) is 37.3 Å². The third kappa shape index (κ3) is 4.73. The number of likely N-dealkylation sites (tertiary alicyclic amines) is 1. The first-order valence-electron chi connectivity index (χ1n) is 9.16. The van der Waals surface area contributed by atoms with Crippen molar-refractivity contribution in [1.82, 2.24) is 10.2 Å². The van der Waals surface area contributed by atoms with E-state index in [4.69, 9.17) is 0 Å². The van der Waals surface area contributed by atoms with Gasteiger partial charge in [0.05, 0.1) is 5.56 Å². The van der Waals surface area contributed by atoms with Gasteiger partial charge in [0.25, 0.3) is 11.8 Å². The molecule has 3 rings (SSSR count). The van der Waals surface area contributed by atoms with Crippen LogP contribution in [0.25, 0.3) is 0 Å². The molecule has 146 valence electrons. The summed E-state index contributed by atoms with van der Waals surface area (Å²) in [5.41, 5.74) is 1.10. The fourth-order valence-corrected chi connectivity index (χ4v) is 3.25. The Hall–Kier alpha value is -3.22. The zero-order chi connectivity index (χ0) is 20.1. The predicted molar refractivity (Wildman–Crippen MR) is 104 cm³/mol. The molecule has 0 spiro atoms. The molecule has 0 aromatic heterocycles. The summed E-state index contributed by atoms with van der Waals surface area (Å²) in [7, 11) is 0. The summed E-state index contributed by atoms with van der Waals surface area (Å²) in [4.78, 5) is 37.8. The zero-order valence-corrected chi connectivity index (χ0v) is 15.6. The smallest absolute Gasteiger partial charge is 0.254 e. The molecule has 0 bridgehead atoms. The van der Waals surface area contributed by atoms with Crippen molar-refractivity contribution in [2.45, 2.75) is 25.8 Å². The molecule has 0 atom stereocenters. The molecule has 0 unspecified atom stereocenters. The van der Waals surface area contributed by atoms with Crippen LogP contribution in [-0.2, 0) is 4.79 Å². The number of hydrogen-bond donors (Lipinski definition) is 2. The van der Waals surface area contributed by atoms with Crippen LogP contribution in [0.3, 0.4) is 0 Å². The Morgan fingerprint density at radius 3 is 2.43 bits per heavy atom. The van der Waals surface area contributed by atoms with Crippen molar-refractivity contribution in [2.75, 3.05) is 18.4 Å². The van der Waals surface area contributed by atoms with E-state index in [1.54, 1.807) is 35.2 Å². The molecule has 1 aliphatic heterocycles. The van der Waals surface area contributed by atoms with Gasteiger partial charge >= 0.3 is 0 Å². The second kappa shape index (κ2) is 8.65. The summed E-state index contributed by atoms with van der Waals surface area (Å²) in [5.74, 6) is -1.31. The molecule has 28 heavy (non-hydrogen) atoms. The minimum atomic E-state index is -0.549. The van der Waals surface area contributed by atoms with Gasteiger partial charge in [-0.2, -0.15) is 0 Å². The van der Waals surface area contributed by atoms with Crippen LogP contribution in [0.4, 0.5) is 10.1 Å². The molecular formula is C21H22FN3O3. The molecule has 3 amide bonds. The normalized spacial score (nSPS) is 14.4. The molecular weight excluding hydrogens is 361 g/mol. The molecule has 7 heteroatoms. The molecule has 2 aromatic carbocycles. The van der Waals surface area contributed by atoms with Crippen molar-refractivity contribution >= 4 is 23.4 Å². The average molecular weight is 383 g/mol. The molecule has 2 N–H and O–H groups in total. The van der Waals surface area contributed by atoms with Gasteiger partial charge in [0.1, 0.15) is 5.82 Å². The standard InChI is InChI=1S/C21H22FN3O3/c1-14(26)23-17-6-4-5-15(13-17)21(28)25-11-9-16(10-12-25)24-20(27)18-7-2-3-8-19(18)22/h2-8,13,16H,9-12H2,1H3,(H,23,26)(H,24,27). The van der Waals surface area contributed by atoms with E-state index in [2.05, 4.69) is 10.6 Å². The van der Waals surface area contributed by atoms with E-state index in [9.17, 15) is 18.8 Å². The number of carbonyl (C=O) groups is 3. The minimum Gasteiger partial charge on any atom is -0.349 e. The van der Waals surface area contributed by atoms with Crippen molar-refractivity contribution in [1.29, 1.82) is 0 Å². The van der Waals surface area contributed by atoms with Gasteiger partial charge in [0.15, 0.2) is 0 Å². The summed E-state index contributed by atoms with van der Waals surface area (Å²) in [6.07, 6.45) is 1.19. The fourth-order valence-electron chi connectivity index (χ4n) is 3.25. The van der Waals surface area contributed by atoms with Crippen LogP contribution < -0.4 is 10.6 Å². The Morgan fingerprint density at radius 2 is 1.75 bits per heavy atom. The average Bonchev–Trinajstić information content (AvgIpc) is 2.68. The molecule has 0 aliphatic carbocycles. The minimum absolute atomic E-state index is 0.0239. The van der Waals surface area contributed by atoms with Crippen molar-refractivity contribution in [2.24, 2.45) is 0 Å². The molecule has 1 fully saturated rings. The van der Waals surface area contributed by atoms with Gasteiger partial charge in [-0.1, -0.05) is 18.2 Å². The number of hydrogen-bond acceptors (Lipinski definition) is 3. The largest absolute Gasteiger partial charge is 0.349 e. The monoisotopic (exact) mass is 383 g/mol. The number of nitrogens with zero attached hydrogens (tertiary/aromatic N) is 1. The Balaban J connectivity index is 1.56. The highest BCUT2D eigenvalue weighted by molar-refractivity contribution is 5.97. The predicted octanol–water partition coefficient (Wildman–Crippen LogP) is 2.82. The molecule has 6 nitrogen and oxygen atoms in total. The maximum Gasteiger partial charge on any atom is 0.254 e. The third-order valence-electron chi connectivity index (χ3n) is 4.67. The Morgan fingerprint density at radius 1 is 1.04 bits per heavy atom. The van der Waals surface area contributed by atoms with E-state index in [-0.39, 0.29) is 23.4 Å². The van der Waals surface area contributed by atoms with Crippen LogP contribution in [0.15, 0.2) is 48.5 Å². The van der Waals surface area contributed by atoms with Crippen molar-refractivity contribution in [3.63, 3.8) is 0 Å². The summed E-state index contributed by atoms with van der Waals surface area (Å²) < 4.78 is 13.7. The van der Waals surface area contributed by atoms with Crippen LogP contribution in [0.2, 0.25) is 0 Å². The second-order valence-corrected chi connectivity index (χ2v) is 6.78. The first-order chi connectivity index (χ1) is 13.4. The van der Waals surface area contributed by atoms with Gasteiger partial charge in [-0.3, -0.25) is 14.4 Å². The zero-order valence-electron chi connectivity index (χ0n) is 15.6. The molecule has 1 saturated heterocycles. The highest BCUT2D eigenvalue weighted by Crippen LogP contribution is 2.17.